The first kappa shape index (κ1) is 31.1. The van der Waals surface area contributed by atoms with Crippen LogP contribution in [0.4, 0.5) is 11.5 Å². The molecule has 5 atom stereocenters. The number of fused-ring (bicyclic) bond motifs is 2. The lowest BCUT2D eigenvalue weighted by Gasteiger charge is -2.44. The van der Waals surface area contributed by atoms with E-state index in [9.17, 15) is 10.4 Å². The van der Waals surface area contributed by atoms with E-state index in [0.717, 1.165) is 64.5 Å². The molecule has 1 aliphatic carbocycles. The van der Waals surface area contributed by atoms with Gasteiger partial charge in [-0.25, -0.2) is 0 Å². The van der Waals surface area contributed by atoms with E-state index < -0.39 is 6.23 Å². The highest BCUT2D eigenvalue weighted by Crippen LogP contribution is 2.44. The molecule has 0 radical (unpaired) electrons. The summed E-state index contributed by atoms with van der Waals surface area (Å²) >= 11 is 6.74. The summed E-state index contributed by atoms with van der Waals surface area (Å²) in [5.41, 5.74) is 3.21. The van der Waals surface area contributed by atoms with E-state index in [-0.39, 0.29) is 18.2 Å². The molecule has 4 fully saturated rings. The van der Waals surface area contributed by atoms with Crippen molar-refractivity contribution >= 4 is 33.9 Å². The Labute approximate surface area is 281 Å². The maximum Gasteiger partial charge on any atom is 0.318 e. The second-order valence-corrected chi connectivity index (χ2v) is 14.4. The van der Waals surface area contributed by atoms with E-state index in [1.54, 1.807) is 0 Å². The molecular weight excluding hydrogens is 614 g/mol. The van der Waals surface area contributed by atoms with Crippen LogP contribution in [0, 0.1) is 17.2 Å². The molecule has 0 spiro atoms. The van der Waals surface area contributed by atoms with Gasteiger partial charge in [-0.15, -0.1) is 0 Å². The van der Waals surface area contributed by atoms with E-state index in [0.29, 0.717) is 57.2 Å². The minimum atomic E-state index is -0.691. The Morgan fingerprint density at radius 2 is 1.89 bits per heavy atom. The lowest BCUT2D eigenvalue weighted by Crippen LogP contribution is -2.58. The predicted octanol–water partition coefficient (Wildman–Crippen LogP) is 4.61. The van der Waals surface area contributed by atoms with Gasteiger partial charge in [0.25, 0.3) is 0 Å². The number of aliphatic hydroxyl groups is 1. The number of aromatic nitrogens is 2. The van der Waals surface area contributed by atoms with Crippen molar-refractivity contribution in [3.8, 4) is 12.1 Å². The Hall–Kier alpha value is -3.20. The molecule has 3 saturated heterocycles. The predicted molar refractivity (Wildman–Crippen MR) is 182 cm³/mol. The molecule has 8 rings (SSSR count). The summed E-state index contributed by atoms with van der Waals surface area (Å²) in [5.74, 6) is 1.47. The fourth-order valence-corrected chi connectivity index (χ4v) is 8.51. The van der Waals surface area contributed by atoms with Crippen molar-refractivity contribution in [2.45, 2.75) is 82.0 Å². The molecule has 2 aromatic carbocycles. The van der Waals surface area contributed by atoms with Crippen molar-refractivity contribution in [1.29, 1.82) is 5.26 Å². The number of hydrogen-bond donors (Lipinski definition) is 1. The number of benzene rings is 2. The minimum absolute atomic E-state index is 0.130. The summed E-state index contributed by atoms with van der Waals surface area (Å²) in [7, 11) is 2.15. The molecule has 0 amide bonds. The Morgan fingerprint density at radius 3 is 2.66 bits per heavy atom. The molecule has 1 unspecified atom stereocenters. The van der Waals surface area contributed by atoms with E-state index in [1.165, 1.54) is 25.7 Å². The Kier molecular flexibility index (Phi) is 8.61. The van der Waals surface area contributed by atoms with Crippen LogP contribution in [-0.4, -0.2) is 102 Å². The number of aliphatic hydroxyl groups excluding tert-OH is 1. The van der Waals surface area contributed by atoms with Crippen molar-refractivity contribution in [2.24, 2.45) is 5.92 Å². The number of ether oxygens (including phenoxy) is 2. The maximum atomic E-state index is 11.4. The summed E-state index contributed by atoms with van der Waals surface area (Å²) in [6, 6.07) is 15.4. The zero-order valence-electron chi connectivity index (χ0n) is 27.1. The molecule has 11 heteroatoms. The van der Waals surface area contributed by atoms with Gasteiger partial charge >= 0.3 is 6.01 Å². The van der Waals surface area contributed by atoms with Crippen LogP contribution in [0.5, 0.6) is 6.01 Å². The monoisotopic (exact) mass is 657 g/mol. The smallest absolute Gasteiger partial charge is 0.318 e. The third-order valence-electron chi connectivity index (χ3n) is 11.2. The van der Waals surface area contributed by atoms with Crippen LogP contribution in [0.2, 0.25) is 5.02 Å². The van der Waals surface area contributed by atoms with E-state index >= 15 is 0 Å². The van der Waals surface area contributed by atoms with Gasteiger partial charge in [-0.05, 0) is 69.1 Å². The van der Waals surface area contributed by atoms with Crippen LogP contribution < -0.4 is 14.5 Å². The highest BCUT2D eigenvalue weighted by Gasteiger charge is 2.53. The molecular formula is C36H44ClN7O3. The molecule has 3 aromatic rings. The van der Waals surface area contributed by atoms with Crippen molar-refractivity contribution in [1.82, 2.24) is 19.8 Å². The first-order chi connectivity index (χ1) is 23.0. The zero-order chi connectivity index (χ0) is 32.1. The number of likely N-dealkylation sites (tertiary alicyclic amines) is 1. The lowest BCUT2D eigenvalue weighted by atomic mass is 9.81. The van der Waals surface area contributed by atoms with Gasteiger partial charge in [0.15, 0.2) is 0 Å². The van der Waals surface area contributed by atoms with Gasteiger partial charge in [0, 0.05) is 54.9 Å². The number of nitrogens with zero attached hydrogens (tertiary/aromatic N) is 7. The number of piperazine rings is 1. The molecule has 1 N–H and O–H groups in total. The van der Waals surface area contributed by atoms with Crippen LogP contribution in [0.3, 0.4) is 0 Å². The SMILES string of the molecule is CN1CCC[C@H]1COc1nc2c(c(N3CCN(C(O)[C@@H]4O[C@@H]4C4CCC4)[C@@H](CC#N)C3)n1)CCN(c1cccc3cccc(Cl)c13)C2. The van der Waals surface area contributed by atoms with Crippen molar-refractivity contribution < 1.29 is 14.6 Å². The Bertz CT molecular complexity index is 1660. The van der Waals surface area contributed by atoms with Crippen LogP contribution in [0.1, 0.15) is 49.8 Å². The third-order valence-corrected chi connectivity index (χ3v) is 11.6. The highest BCUT2D eigenvalue weighted by molar-refractivity contribution is 6.36. The molecule has 5 heterocycles. The first-order valence-corrected chi connectivity index (χ1v) is 17.7. The Morgan fingerprint density at radius 1 is 1.04 bits per heavy atom. The van der Waals surface area contributed by atoms with Crippen LogP contribution >= 0.6 is 11.6 Å². The van der Waals surface area contributed by atoms with Gasteiger partial charge in [-0.2, -0.15) is 15.2 Å². The fourth-order valence-electron chi connectivity index (χ4n) is 8.23. The second kappa shape index (κ2) is 13.0. The second-order valence-electron chi connectivity index (χ2n) is 14.0. The number of likely N-dealkylation sites (N-methyl/N-ethyl adjacent to an activating group) is 1. The number of anilines is 2. The average Bonchev–Trinajstić information content (AvgIpc) is 3.72. The number of rotatable bonds is 9. The topological polar surface area (TPSA) is 105 Å². The van der Waals surface area contributed by atoms with Gasteiger partial charge < -0.3 is 29.3 Å². The maximum absolute atomic E-state index is 11.4. The summed E-state index contributed by atoms with van der Waals surface area (Å²) in [6.07, 6.45) is 6.34. The van der Waals surface area contributed by atoms with Crippen molar-refractivity contribution in [3.63, 3.8) is 0 Å². The van der Waals surface area contributed by atoms with Gasteiger partial charge in [0.2, 0.25) is 0 Å². The molecule has 1 aromatic heterocycles. The minimum Gasteiger partial charge on any atom is -0.462 e. The summed E-state index contributed by atoms with van der Waals surface area (Å²) < 4.78 is 12.3. The molecule has 5 aliphatic rings. The Balaban J connectivity index is 1.07. The van der Waals surface area contributed by atoms with E-state index in [1.807, 2.05) is 12.1 Å². The summed E-state index contributed by atoms with van der Waals surface area (Å²) in [5, 5.41) is 24.1. The number of nitriles is 1. The van der Waals surface area contributed by atoms with Crippen molar-refractivity contribution in [3.05, 3.63) is 52.7 Å². The average molecular weight is 658 g/mol. The number of halogens is 1. The number of hydrogen-bond acceptors (Lipinski definition) is 10. The van der Waals surface area contributed by atoms with Gasteiger partial charge in [0.1, 0.15) is 24.8 Å². The van der Waals surface area contributed by atoms with Crippen LogP contribution in [-0.2, 0) is 17.7 Å². The molecule has 47 heavy (non-hydrogen) atoms. The number of epoxide rings is 1. The fraction of sp³-hybridized carbons (Fsp3) is 0.583. The first-order valence-electron chi connectivity index (χ1n) is 17.3. The van der Waals surface area contributed by atoms with Gasteiger partial charge in [-0.1, -0.05) is 42.3 Å². The van der Waals surface area contributed by atoms with Crippen molar-refractivity contribution in [2.75, 3.05) is 56.2 Å². The normalized spacial score (nSPS) is 27.4. The van der Waals surface area contributed by atoms with Crippen LogP contribution in [0.25, 0.3) is 10.8 Å². The van der Waals surface area contributed by atoms with E-state index in [4.69, 9.17) is 31.0 Å². The zero-order valence-corrected chi connectivity index (χ0v) is 27.9. The highest BCUT2D eigenvalue weighted by atomic mass is 35.5. The largest absolute Gasteiger partial charge is 0.462 e. The van der Waals surface area contributed by atoms with E-state index in [2.05, 4.69) is 57.0 Å². The van der Waals surface area contributed by atoms with Gasteiger partial charge in [-0.3, -0.25) is 4.90 Å². The lowest BCUT2D eigenvalue weighted by molar-refractivity contribution is -0.0456. The van der Waals surface area contributed by atoms with Crippen LogP contribution in [0.15, 0.2) is 36.4 Å². The third kappa shape index (κ3) is 6.02. The standard InChI is InChI=1S/C36H44ClN7O3/c1-41-16-5-10-26(41)22-46-36-39-29-21-42(30-12-4-7-23-6-3-11-28(37)31(23)30)17-14-27(29)34(40-36)43-18-19-44(25(20-43)13-15-38)35(45)33-32(47-33)24-8-2-9-24/h3-4,6-7,11-12,24-26,32-33,35,45H,2,5,8-10,13-14,16-22H2,1H3/t25-,26-,32+,33+,35?/m0/s1. The molecule has 0 bridgehead atoms. The molecule has 1 saturated carbocycles. The molecule has 248 valence electrons. The molecule has 4 aliphatic heterocycles. The quantitative estimate of drug-likeness (QED) is 0.328. The molecule has 10 nitrogen and oxygen atoms in total. The summed E-state index contributed by atoms with van der Waals surface area (Å²) in [6.45, 7) is 4.99. The summed E-state index contributed by atoms with van der Waals surface area (Å²) in [4.78, 5) is 19.2. The van der Waals surface area contributed by atoms with Gasteiger partial charge in [0.05, 0.1) is 35.9 Å².